The van der Waals surface area contributed by atoms with E-state index in [1.54, 1.807) is 32.0 Å². The summed E-state index contributed by atoms with van der Waals surface area (Å²) >= 11 is 0. The minimum atomic E-state index is -3.11. The molecular formula is C15H17F3O3. The lowest BCUT2D eigenvalue weighted by Gasteiger charge is -2.31. The molecule has 0 aromatic heterocycles. The van der Waals surface area contributed by atoms with E-state index in [0.29, 0.717) is 5.56 Å². The van der Waals surface area contributed by atoms with Gasteiger partial charge in [0, 0.05) is 0 Å². The average molecular weight is 302 g/mol. The Morgan fingerprint density at radius 3 is 2.43 bits per heavy atom. The predicted octanol–water partition coefficient (Wildman–Crippen LogP) is 3.42. The van der Waals surface area contributed by atoms with Gasteiger partial charge in [-0.15, -0.1) is 0 Å². The van der Waals surface area contributed by atoms with E-state index in [4.69, 9.17) is 4.74 Å². The number of aromatic carboxylic acids is 1. The van der Waals surface area contributed by atoms with Crippen LogP contribution < -0.4 is 0 Å². The molecule has 1 aliphatic heterocycles. The van der Waals surface area contributed by atoms with Crippen LogP contribution in [0.15, 0.2) is 24.3 Å². The van der Waals surface area contributed by atoms with Gasteiger partial charge in [-0.3, -0.25) is 0 Å². The summed E-state index contributed by atoms with van der Waals surface area (Å²) in [5.74, 6) is -1.10. The molecule has 0 spiro atoms. The highest BCUT2D eigenvalue weighted by Crippen LogP contribution is 2.46. The molecule has 1 N–H and O–H groups in total. The number of rotatable bonds is 6. The van der Waals surface area contributed by atoms with Gasteiger partial charge >= 0.3 is 5.97 Å². The molecule has 2 atom stereocenters. The zero-order chi connectivity index (χ0) is 15.8. The largest absolute Gasteiger partial charge is 0.478 e. The van der Waals surface area contributed by atoms with Crippen LogP contribution in [0.3, 0.4) is 0 Å². The minimum Gasteiger partial charge on any atom is -0.478 e. The third-order valence-corrected chi connectivity index (χ3v) is 3.87. The first-order valence-corrected chi connectivity index (χ1v) is 6.59. The molecule has 1 aliphatic rings. The van der Waals surface area contributed by atoms with Gasteiger partial charge in [-0.25, -0.2) is 18.0 Å². The van der Waals surface area contributed by atoms with E-state index in [-0.39, 0.29) is 18.6 Å². The molecule has 1 heterocycles. The first-order valence-electron chi connectivity index (χ1n) is 6.59. The highest BCUT2D eigenvalue weighted by molar-refractivity contribution is 5.89. The van der Waals surface area contributed by atoms with Crippen molar-refractivity contribution in [3.63, 3.8) is 0 Å². The smallest absolute Gasteiger partial charge is 0.335 e. The van der Waals surface area contributed by atoms with E-state index in [1.165, 1.54) is 6.07 Å². The summed E-state index contributed by atoms with van der Waals surface area (Å²) in [6.07, 6.45) is -5.48. The molecule has 1 unspecified atom stereocenters. The van der Waals surface area contributed by atoms with Gasteiger partial charge < -0.3 is 9.84 Å². The molecule has 6 heteroatoms. The summed E-state index contributed by atoms with van der Waals surface area (Å²) < 4.78 is 43.9. The molecule has 116 valence electrons. The number of carboxylic acids is 1. The minimum absolute atomic E-state index is 0.00417. The van der Waals surface area contributed by atoms with Gasteiger partial charge in [0.15, 0.2) is 6.17 Å². The zero-order valence-electron chi connectivity index (χ0n) is 11.8. The molecule has 0 saturated carbocycles. The lowest BCUT2D eigenvalue weighted by Crippen LogP contribution is -2.38. The summed E-state index contributed by atoms with van der Waals surface area (Å²) in [6, 6.07) is 6.32. The van der Waals surface area contributed by atoms with Crippen LogP contribution >= 0.6 is 0 Å². The van der Waals surface area contributed by atoms with Crippen molar-refractivity contribution in [2.24, 2.45) is 0 Å². The van der Waals surface area contributed by atoms with E-state index in [1.807, 2.05) is 0 Å². The Kier molecular flexibility index (Phi) is 4.02. The van der Waals surface area contributed by atoms with E-state index < -0.39 is 29.6 Å². The second kappa shape index (κ2) is 5.33. The number of hydrogen-bond acceptors (Lipinski definition) is 2. The monoisotopic (exact) mass is 302 g/mol. The summed E-state index contributed by atoms with van der Waals surface area (Å²) in [4.78, 5) is 11.3. The van der Waals surface area contributed by atoms with Gasteiger partial charge in [0.25, 0.3) is 6.43 Å². The standard InChI is InChI=1S/C15H17F3O3/c1-14(2,7-15(8-21-15)11(16)12(17)18)10-6-4-3-5-9(10)13(19)20/h3-6,11-12H,7-8H2,1-2H3,(H,19,20)/t11?,15-/m1/s1. The molecular weight excluding hydrogens is 285 g/mol. The number of hydrogen-bond donors (Lipinski definition) is 1. The van der Waals surface area contributed by atoms with Crippen LogP contribution in [0.2, 0.25) is 0 Å². The molecule has 0 amide bonds. The maximum Gasteiger partial charge on any atom is 0.335 e. The van der Waals surface area contributed by atoms with Gasteiger partial charge in [0.05, 0.1) is 12.2 Å². The van der Waals surface area contributed by atoms with Crippen LogP contribution in [0.1, 0.15) is 36.2 Å². The molecule has 0 bridgehead atoms. The summed E-state index contributed by atoms with van der Waals surface area (Å²) in [5, 5.41) is 9.22. The van der Waals surface area contributed by atoms with Crippen LogP contribution in [0.5, 0.6) is 0 Å². The van der Waals surface area contributed by atoms with Gasteiger partial charge in [0.1, 0.15) is 5.60 Å². The Hall–Kier alpha value is -1.56. The van der Waals surface area contributed by atoms with Crippen molar-refractivity contribution < 1.29 is 27.8 Å². The van der Waals surface area contributed by atoms with E-state index in [9.17, 15) is 23.1 Å². The number of carbonyl (C=O) groups is 1. The number of carboxylic acid groups (broad SMARTS) is 1. The second-order valence-electron chi connectivity index (χ2n) is 6.00. The molecule has 2 rings (SSSR count). The molecule has 21 heavy (non-hydrogen) atoms. The van der Waals surface area contributed by atoms with Gasteiger partial charge in [-0.1, -0.05) is 32.0 Å². The topological polar surface area (TPSA) is 49.8 Å². The fourth-order valence-electron chi connectivity index (χ4n) is 2.78. The van der Waals surface area contributed by atoms with Crippen LogP contribution in [-0.2, 0) is 10.2 Å². The van der Waals surface area contributed by atoms with Gasteiger partial charge in [-0.2, -0.15) is 0 Å². The third-order valence-electron chi connectivity index (χ3n) is 3.87. The fourth-order valence-corrected chi connectivity index (χ4v) is 2.78. The van der Waals surface area contributed by atoms with Crippen molar-refractivity contribution in [3.8, 4) is 0 Å². The summed E-state index contributed by atoms with van der Waals surface area (Å²) in [6.45, 7) is 3.34. The molecule has 0 radical (unpaired) electrons. The van der Waals surface area contributed by atoms with Crippen molar-refractivity contribution in [1.29, 1.82) is 0 Å². The lowest BCUT2D eigenvalue weighted by molar-refractivity contribution is -0.00667. The Balaban J connectivity index is 2.29. The van der Waals surface area contributed by atoms with Crippen molar-refractivity contribution in [3.05, 3.63) is 35.4 Å². The number of halogens is 3. The Morgan fingerprint density at radius 1 is 1.38 bits per heavy atom. The van der Waals surface area contributed by atoms with Gasteiger partial charge in [-0.05, 0) is 23.5 Å². The normalized spacial score (nSPS) is 23.1. The van der Waals surface area contributed by atoms with Crippen LogP contribution in [0.4, 0.5) is 13.2 Å². The first kappa shape index (κ1) is 15.8. The number of alkyl halides is 3. The Morgan fingerprint density at radius 2 is 1.95 bits per heavy atom. The van der Waals surface area contributed by atoms with E-state index in [2.05, 4.69) is 0 Å². The number of ether oxygens (including phenoxy) is 1. The van der Waals surface area contributed by atoms with Gasteiger partial charge in [0.2, 0.25) is 0 Å². The SMILES string of the molecule is CC(C)(C[C@]1(C(F)C(F)F)CO1)c1ccccc1C(=O)O. The van der Waals surface area contributed by atoms with Crippen molar-refractivity contribution in [1.82, 2.24) is 0 Å². The maximum atomic E-state index is 13.7. The quantitative estimate of drug-likeness (QED) is 0.819. The maximum absolute atomic E-state index is 13.7. The molecule has 1 saturated heterocycles. The summed E-state index contributed by atoms with van der Waals surface area (Å²) in [7, 11) is 0. The number of epoxide rings is 1. The molecule has 3 nitrogen and oxygen atoms in total. The lowest BCUT2D eigenvalue weighted by atomic mass is 9.74. The van der Waals surface area contributed by atoms with Crippen molar-refractivity contribution >= 4 is 5.97 Å². The van der Waals surface area contributed by atoms with Crippen LogP contribution in [0.25, 0.3) is 0 Å². The molecule has 1 aromatic carbocycles. The molecule has 1 fully saturated rings. The fraction of sp³-hybridized carbons (Fsp3) is 0.533. The van der Waals surface area contributed by atoms with Crippen LogP contribution in [-0.4, -0.2) is 35.9 Å². The first-order chi connectivity index (χ1) is 9.69. The zero-order valence-corrected chi connectivity index (χ0v) is 11.8. The third kappa shape index (κ3) is 3.05. The highest BCUT2D eigenvalue weighted by atomic mass is 19.3. The van der Waals surface area contributed by atoms with Crippen LogP contribution in [0, 0.1) is 0 Å². The molecule has 1 aromatic rings. The highest BCUT2D eigenvalue weighted by Gasteiger charge is 2.58. The Labute approximate surface area is 120 Å². The Bertz CT molecular complexity index is 539. The average Bonchev–Trinajstić information content (AvgIpc) is 3.17. The van der Waals surface area contributed by atoms with E-state index >= 15 is 0 Å². The number of benzene rings is 1. The van der Waals surface area contributed by atoms with Crippen molar-refractivity contribution in [2.75, 3.05) is 6.61 Å². The summed E-state index contributed by atoms with van der Waals surface area (Å²) in [5.41, 5.74) is -1.74. The van der Waals surface area contributed by atoms with Crippen molar-refractivity contribution in [2.45, 2.75) is 43.9 Å². The van der Waals surface area contributed by atoms with E-state index in [0.717, 1.165) is 0 Å². The predicted molar refractivity (Wildman–Crippen MR) is 70.6 cm³/mol. The molecule has 0 aliphatic carbocycles. The second-order valence-corrected chi connectivity index (χ2v) is 6.00.